The molecule has 1 aliphatic rings. The fourth-order valence-corrected chi connectivity index (χ4v) is 3.40. The monoisotopic (exact) mass is 399 g/mol. The van der Waals surface area contributed by atoms with E-state index in [1.165, 1.54) is 51.0 Å². The molecule has 6 nitrogen and oxygen atoms in total. The van der Waals surface area contributed by atoms with Crippen LogP contribution in [0.5, 0.6) is 0 Å². The number of aliphatic hydroxyl groups is 1. The number of Topliss-reactive ketones (excluding diaryl/α,β-unsaturated/α-hetero) is 1. The van der Waals surface area contributed by atoms with Crippen molar-refractivity contribution in [3.63, 3.8) is 0 Å². The SMILES string of the molecule is CCCCCCCCCCC[C@@H](O)C=Cc1cc2c(nn1)C(=O)C(NC)=CC2=O. The number of hydrogen-bond donors (Lipinski definition) is 2. The van der Waals surface area contributed by atoms with Gasteiger partial charge in [-0.1, -0.05) is 70.8 Å². The third kappa shape index (κ3) is 7.20. The van der Waals surface area contributed by atoms with E-state index < -0.39 is 6.10 Å². The van der Waals surface area contributed by atoms with Crippen LogP contribution in [0, 0.1) is 0 Å². The normalized spacial score (nSPS) is 14.8. The number of carbonyl (C=O) groups is 2. The molecular weight excluding hydrogens is 366 g/mol. The predicted molar refractivity (Wildman–Crippen MR) is 115 cm³/mol. The minimum Gasteiger partial charge on any atom is -0.389 e. The van der Waals surface area contributed by atoms with E-state index in [0.29, 0.717) is 12.1 Å². The van der Waals surface area contributed by atoms with Gasteiger partial charge in [0.05, 0.1) is 23.1 Å². The van der Waals surface area contributed by atoms with Crippen LogP contribution >= 0.6 is 0 Å². The van der Waals surface area contributed by atoms with Crippen molar-refractivity contribution in [2.45, 2.75) is 77.2 Å². The molecule has 158 valence electrons. The first kappa shape index (κ1) is 22.9. The van der Waals surface area contributed by atoms with E-state index in [0.717, 1.165) is 12.8 Å². The Balaban J connectivity index is 1.75. The van der Waals surface area contributed by atoms with Crippen LogP contribution in [0.2, 0.25) is 0 Å². The number of nitrogens with one attached hydrogen (secondary N) is 1. The first-order chi connectivity index (χ1) is 14.1. The summed E-state index contributed by atoms with van der Waals surface area (Å²) >= 11 is 0. The second-order valence-corrected chi connectivity index (χ2v) is 7.58. The molecular formula is C23H33N3O3. The first-order valence-corrected chi connectivity index (χ1v) is 10.8. The molecule has 0 saturated heterocycles. The summed E-state index contributed by atoms with van der Waals surface area (Å²) in [5.74, 6) is -0.612. The number of unbranched alkanes of at least 4 members (excludes halogenated alkanes) is 8. The summed E-state index contributed by atoms with van der Waals surface area (Å²) < 4.78 is 0. The number of likely N-dealkylation sites (N-methyl/N-ethyl adjacent to an activating group) is 1. The third-order valence-electron chi connectivity index (χ3n) is 5.18. The van der Waals surface area contributed by atoms with Gasteiger partial charge in [0.2, 0.25) is 5.78 Å². The number of allylic oxidation sites excluding steroid dienone is 2. The van der Waals surface area contributed by atoms with E-state index >= 15 is 0 Å². The van der Waals surface area contributed by atoms with Crippen LogP contribution < -0.4 is 5.32 Å². The second kappa shape index (κ2) is 12.3. The van der Waals surface area contributed by atoms with Crippen molar-refractivity contribution in [3.05, 3.63) is 40.9 Å². The average molecular weight is 400 g/mol. The Morgan fingerprint density at radius 2 is 1.69 bits per heavy atom. The molecule has 0 aliphatic heterocycles. The van der Waals surface area contributed by atoms with Gasteiger partial charge in [0.1, 0.15) is 5.69 Å². The Morgan fingerprint density at radius 3 is 2.34 bits per heavy atom. The van der Waals surface area contributed by atoms with Crippen molar-refractivity contribution in [1.82, 2.24) is 15.5 Å². The standard InChI is InChI=1S/C23H33N3O3/c1-3-4-5-6-7-8-9-10-11-12-18(27)14-13-17-15-19-21(28)16-20(24-2)23(29)22(19)26-25-17/h13-16,18,24,27H,3-12H2,1-2H3/t18-/m1/s1. The maximum Gasteiger partial charge on any atom is 0.229 e. The Kier molecular flexibility index (Phi) is 9.71. The zero-order valence-corrected chi connectivity index (χ0v) is 17.6. The van der Waals surface area contributed by atoms with Gasteiger partial charge in [-0.2, -0.15) is 5.10 Å². The maximum atomic E-state index is 12.2. The number of rotatable bonds is 13. The van der Waals surface area contributed by atoms with Crippen molar-refractivity contribution in [1.29, 1.82) is 0 Å². The number of hydrogen-bond acceptors (Lipinski definition) is 6. The highest BCUT2D eigenvalue weighted by atomic mass is 16.3. The summed E-state index contributed by atoms with van der Waals surface area (Å²) in [7, 11) is 1.58. The molecule has 0 saturated carbocycles. The maximum absolute atomic E-state index is 12.2. The van der Waals surface area contributed by atoms with Crippen LogP contribution in [0.25, 0.3) is 6.08 Å². The van der Waals surface area contributed by atoms with Gasteiger partial charge in [0.15, 0.2) is 5.78 Å². The number of fused-ring (bicyclic) bond motifs is 1. The quantitative estimate of drug-likeness (QED) is 0.482. The van der Waals surface area contributed by atoms with Crippen LogP contribution in [0.4, 0.5) is 0 Å². The molecule has 0 unspecified atom stereocenters. The van der Waals surface area contributed by atoms with Crippen molar-refractivity contribution >= 4 is 17.6 Å². The van der Waals surface area contributed by atoms with Crippen LogP contribution in [0.3, 0.4) is 0 Å². The summed E-state index contributed by atoms with van der Waals surface area (Å²) in [6.07, 6.45) is 16.0. The Hall–Kier alpha value is -2.34. The molecule has 1 heterocycles. The van der Waals surface area contributed by atoms with Gasteiger partial charge in [0, 0.05) is 13.1 Å². The van der Waals surface area contributed by atoms with Crippen molar-refractivity contribution in [3.8, 4) is 0 Å². The molecule has 1 aliphatic carbocycles. The molecule has 1 aromatic heterocycles. The molecule has 1 atom stereocenters. The smallest absolute Gasteiger partial charge is 0.229 e. The lowest BCUT2D eigenvalue weighted by molar-refractivity contribution is 0.0974. The van der Waals surface area contributed by atoms with Crippen molar-refractivity contribution in [2.75, 3.05) is 7.05 Å². The molecule has 0 fully saturated rings. The lowest BCUT2D eigenvalue weighted by Gasteiger charge is -2.13. The van der Waals surface area contributed by atoms with E-state index in [4.69, 9.17) is 0 Å². The molecule has 0 amide bonds. The number of nitrogens with zero attached hydrogens (tertiary/aromatic N) is 2. The van der Waals surface area contributed by atoms with Crippen LogP contribution in [0.1, 0.15) is 97.7 Å². The summed E-state index contributed by atoms with van der Waals surface area (Å²) in [5.41, 5.74) is 0.986. The van der Waals surface area contributed by atoms with Gasteiger partial charge in [0.25, 0.3) is 0 Å². The molecule has 1 aromatic rings. The van der Waals surface area contributed by atoms with Crippen LogP contribution in [-0.4, -0.2) is 40.0 Å². The van der Waals surface area contributed by atoms with Gasteiger partial charge in [-0.25, -0.2) is 0 Å². The first-order valence-electron chi connectivity index (χ1n) is 10.8. The van der Waals surface area contributed by atoms with E-state index in [1.807, 2.05) is 0 Å². The lowest BCUT2D eigenvalue weighted by Crippen LogP contribution is -2.26. The summed E-state index contributed by atoms with van der Waals surface area (Å²) in [5, 5.41) is 20.7. The Labute approximate surface area is 173 Å². The van der Waals surface area contributed by atoms with Crippen molar-refractivity contribution < 1.29 is 14.7 Å². The molecule has 2 N–H and O–H groups in total. The molecule has 6 heteroatoms. The minimum atomic E-state index is -0.550. The molecule has 0 radical (unpaired) electrons. The fraction of sp³-hybridized carbons (Fsp3) is 0.565. The zero-order chi connectivity index (χ0) is 21.1. The predicted octanol–water partition coefficient (Wildman–Crippen LogP) is 4.25. The summed E-state index contributed by atoms with van der Waals surface area (Å²) in [6.45, 7) is 2.23. The van der Waals surface area contributed by atoms with E-state index in [-0.39, 0.29) is 28.5 Å². The van der Waals surface area contributed by atoms with Gasteiger partial charge in [-0.15, -0.1) is 5.10 Å². The largest absolute Gasteiger partial charge is 0.389 e. The van der Waals surface area contributed by atoms with Gasteiger partial charge >= 0.3 is 0 Å². The zero-order valence-electron chi connectivity index (χ0n) is 17.6. The lowest BCUT2D eigenvalue weighted by atomic mass is 9.97. The molecule has 0 aromatic carbocycles. The number of ketones is 2. The molecule has 0 spiro atoms. The average Bonchev–Trinajstić information content (AvgIpc) is 2.73. The number of aromatic nitrogens is 2. The summed E-state index contributed by atoms with van der Waals surface area (Å²) in [6, 6.07) is 1.55. The third-order valence-corrected chi connectivity index (χ3v) is 5.18. The fourth-order valence-electron chi connectivity index (χ4n) is 3.40. The van der Waals surface area contributed by atoms with Crippen LogP contribution in [-0.2, 0) is 0 Å². The Bertz CT molecular complexity index is 756. The molecule has 0 bridgehead atoms. The van der Waals surface area contributed by atoms with E-state index in [1.54, 1.807) is 25.3 Å². The summed E-state index contributed by atoms with van der Waals surface area (Å²) in [4.78, 5) is 24.4. The van der Waals surface area contributed by atoms with Gasteiger partial charge < -0.3 is 10.4 Å². The van der Waals surface area contributed by atoms with Crippen molar-refractivity contribution in [2.24, 2.45) is 0 Å². The van der Waals surface area contributed by atoms with E-state index in [2.05, 4.69) is 22.4 Å². The highest BCUT2D eigenvalue weighted by molar-refractivity contribution is 6.23. The highest BCUT2D eigenvalue weighted by Gasteiger charge is 2.27. The Morgan fingerprint density at radius 1 is 1.03 bits per heavy atom. The second-order valence-electron chi connectivity index (χ2n) is 7.58. The molecule has 2 rings (SSSR count). The highest BCUT2D eigenvalue weighted by Crippen LogP contribution is 2.19. The number of aliphatic hydroxyl groups excluding tert-OH is 1. The minimum absolute atomic E-state index is 0.0641. The van der Waals surface area contributed by atoms with Crippen LogP contribution in [0.15, 0.2) is 23.9 Å². The van der Waals surface area contributed by atoms with E-state index in [9.17, 15) is 14.7 Å². The van der Waals surface area contributed by atoms with Gasteiger partial charge in [-0.05, 0) is 18.6 Å². The number of carbonyl (C=O) groups excluding carboxylic acids is 2. The molecule has 29 heavy (non-hydrogen) atoms. The topological polar surface area (TPSA) is 92.2 Å². The van der Waals surface area contributed by atoms with Gasteiger partial charge in [-0.3, -0.25) is 9.59 Å².